The van der Waals surface area contributed by atoms with Gasteiger partial charge in [-0.05, 0) is 57.0 Å². The molecule has 0 saturated carbocycles. The van der Waals surface area contributed by atoms with Crippen molar-refractivity contribution in [2.24, 2.45) is 7.05 Å². The van der Waals surface area contributed by atoms with E-state index in [0.29, 0.717) is 13.1 Å². The summed E-state index contributed by atoms with van der Waals surface area (Å²) in [5, 5.41) is 7.37. The van der Waals surface area contributed by atoms with Crippen molar-refractivity contribution in [3.05, 3.63) is 48.7 Å². The van der Waals surface area contributed by atoms with E-state index in [4.69, 9.17) is 0 Å². The van der Waals surface area contributed by atoms with Gasteiger partial charge >= 0.3 is 6.03 Å². The van der Waals surface area contributed by atoms with Crippen LogP contribution in [0.3, 0.4) is 0 Å². The number of hydrogen-bond donors (Lipinski definition) is 3. The molecule has 9 heteroatoms. The van der Waals surface area contributed by atoms with E-state index < -0.39 is 0 Å². The molecule has 1 aromatic carbocycles. The highest BCUT2D eigenvalue weighted by Crippen LogP contribution is 2.29. The SMILES string of the molecule is Cn1cnc2ccc(Nc3ncnc4[nH]c(C5=CCN(C(=O)NC(C)(C)C)CC5)cc34)cc21. The molecule has 4 heterocycles. The summed E-state index contributed by atoms with van der Waals surface area (Å²) in [5.41, 5.74) is 5.65. The third kappa shape index (κ3) is 4.26. The summed E-state index contributed by atoms with van der Waals surface area (Å²) in [5.74, 6) is 0.742. The van der Waals surface area contributed by atoms with Gasteiger partial charge in [-0.1, -0.05) is 6.08 Å². The molecule has 0 spiro atoms. The maximum Gasteiger partial charge on any atom is 0.318 e. The van der Waals surface area contributed by atoms with Crippen LogP contribution in [0.4, 0.5) is 16.3 Å². The van der Waals surface area contributed by atoms with E-state index in [1.54, 1.807) is 6.33 Å². The average Bonchev–Trinajstić information content (AvgIpc) is 3.37. The topological polar surface area (TPSA) is 104 Å². The Hall–Kier alpha value is -3.88. The predicted octanol–water partition coefficient (Wildman–Crippen LogP) is 4.19. The number of aromatic amines is 1. The van der Waals surface area contributed by atoms with Crippen molar-refractivity contribution in [2.45, 2.75) is 32.7 Å². The Morgan fingerprint density at radius 1 is 1.15 bits per heavy atom. The molecule has 0 fully saturated rings. The second kappa shape index (κ2) is 7.91. The number of rotatable bonds is 3. The number of fused-ring (bicyclic) bond motifs is 2. The number of aromatic nitrogens is 5. The van der Waals surface area contributed by atoms with E-state index in [0.717, 1.165) is 45.7 Å². The Morgan fingerprint density at radius 3 is 2.76 bits per heavy atom. The van der Waals surface area contributed by atoms with Crippen LogP contribution in [0.1, 0.15) is 32.9 Å². The summed E-state index contributed by atoms with van der Waals surface area (Å²) >= 11 is 0. The molecule has 0 saturated heterocycles. The first-order valence-electron chi connectivity index (χ1n) is 11.1. The number of anilines is 2. The zero-order chi connectivity index (χ0) is 23.2. The molecule has 2 amide bonds. The zero-order valence-corrected chi connectivity index (χ0v) is 19.3. The Morgan fingerprint density at radius 2 is 2.00 bits per heavy atom. The van der Waals surface area contributed by atoms with Gasteiger partial charge in [-0.2, -0.15) is 0 Å². The van der Waals surface area contributed by atoms with Gasteiger partial charge in [-0.3, -0.25) is 0 Å². The number of carbonyl (C=O) groups excluding carboxylic acids is 1. The number of amides is 2. The number of H-pyrrole nitrogens is 1. The van der Waals surface area contributed by atoms with Gasteiger partial charge in [-0.15, -0.1) is 0 Å². The van der Waals surface area contributed by atoms with Crippen LogP contribution in [-0.4, -0.2) is 54.1 Å². The minimum Gasteiger partial charge on any atom is -0.340 e. The molecule has 1 aliphatic rings. The first-order chi connectivity index (χ1) is 15.8. The Labute approximate surface area is 191 Å². The molecule has 3 N–H and O–H groups in total. The lowest BCUT2D eigenvalue weighted by atomic mass is 10.0. The van der Waals surface area contributed by atoms with Crippen molar-refractivity contribution in [1.29, 1.82) is 0 Å². The lowest BCUT2D eigenvalue weighted by molar-refractivity contribution is 0.193. The molecular weight excluding hydrogens is 416 g/mol. The minimum absolute atomic E-state index is 0.0304. The van der Waals surface area contributed by atoms with E-state index in [1.807, 2.05) is 55.7 Å². The molecule has 0 atom stereocenters. The molecule has 5 rings (SSSR count). The molecule has 0 radical (unpaired) electrons. The third-order valence-corrected chi connectivity index (χ3v) is 5.74. The molecule has 33 heavy (non-hydrogen) atoms. The van der Waals surface area contributed by atoms with Crippen molar-refractivity contribution >= 4 is 45.2 Å². The fourth-order valence-corrected chi connectivity index (χ4v) is 4.05. The smallest absolute Gasteiger partial charge is 0.318 e. The van der Waals surface area contributed by atoms with Crippen molar-refractivity contribution in [1.82, 2.24) is 34.7 Å². The standard InChI is InChI=1S/C24H28N8O/c1-24(2,3)30-23(33)32-9-7-15(8-10-32)19-12-17-21(25-13-26-22(17)29-19)28-16-5-6-18-20(11-16)31(4)14-27-18/h5-7,11-14H,8-10H2,1-4H3,(H,30,33)(H2,25,26,28,29). The second-order valence-corrected chi connectivity index (χ2v) is 9.46. The van der Waals surface area contributed by atoms with E-state index in [1.165, 1.54) is 5.57 Å². The van der Waals surface area contributed by atoms with Crippen molar-refractivity contribution < 1.29 is 4.79 Å². The fourth-order valence-electron chi connectivity index (χ4n) is 4.05. The van der Waals surface area contributed by atoms with Gasteiger partial charge in [0.1, 0.15) is 17.8 Å². The molecule has 0 bridgehead atoms. The van der Waals surface area contributed by atoms with E-state index >= 15 is 0 Å². The Bertz CT molecular complexity index is 1370. The molecule has 3 aromatic heterocycles. The van der Waals surface area contributed by atoms with Gasteiger partial charge < -0.3 is 25.1 Å². The van der Waals surface area contributed by atoms with Gasteiger partial charge in [0.15, 0.2) is 0 Å². The maximum absolute atomic E-state index is 12.4. The monoisotopic (exact) mass is 444 g/mol. The van der Waals surface area contributed by atoms with E-state index in [-0.39, 0.29) is 11.6 Å². The summed E-state index contributed by atoms with van der Waals surface area (Å²) in [4.78, 5) is 31.0. The quantitative estimate of drug-likeness (QED) is 0.440. The highest BCUT2D eigenvalue weighted by Gasteiger charge is 2.22. The number of aryl methyl sites for hydroxylation is 1. The van der Waals surface area contributed by atoms with Crippen LogP contribution in [0.25, 0.3) is 27.6 Å². The molecule has 9 nitrogen and oxygen atoms in total. The zero-order valence-electron chi connectivity index (χ0n) is 19.3. The Kier molecular flexibility index (Phi) is 5.03. The molecule has 0 unspecified atom stereocenters. The largest absolute Gasteiger partial charge is 0.340 e. The van der Waals surface area contributed by atoms with Crippen LogP contribution in [-0.2, 0) is 7.05 Å². The molecular formula is C24H28N8O. The molecule has 0 aliphatic carbocycles. The van der Waals surface area contributed by atoms with Crippen molar-refractivity contribution in [3.8, 4) is 0 Å². The van der Waals surface area contributed by atoms with Gasteiger partial charge in [0.25, 0.3) is 0 Å². The number of urea groups is 1. The van der Waals surface area contributed by atoms with Crippen LogP contribution in [0.5, 0.6) is 0 Å². The number of benzene rings is 1. The summed E-state index contributed by atoms with van der Waals surface area (Å²) < 4.78 is 1.99. The lowest BCUT2D eigenvalue weighted by Gasteiger charge is -2.30. The molecule has 1 aliphatic heterocycles. The summed E-state index contributed by atoms with van der Waals surface area (Å²) in [6, 6.07) is 8.10. The summed E-state index contributed by atoms with van der Waals surface area (Å²) in [6.45, 7) is 7.21. The van der Waals surface area contributed by atoms with Crippen molar-refractivity contribution in [2.75, 3.05) is 18.4 Å². The fraction of sp³-hybridized carbons (Fsp3) is 0.333. The number of hydrogen-bond acceptors (Lipinski definition) is 5. The minimum atomic E-state index is -0.248. The first-order valence-corrected chi connectivity index (χ1v) is 11.1. The Balaban J connectivity index is 1.37. The van der Waals surface area contributed by atoms with Gasteiger partial charge in [-0.25, -0.2) is 19.7 Å². The second-order valence-electron chi connectivity index (χ2n) is 9.46. The lowest BCUT2D eigenvalue weighted by Crippen LogP contribution is -2.49. The highest BCUT2D eigenvalue weighted by atomic mass is 16.2. The van der Waals surface area contributed by atoms with Crippen LogP contribution in [0, 0.1) is 0 Å². The first kappa shape index (κ1) is 21.0. The highest BCUT2D eigenvalue weighted by molar-refractivity contribution is 5.93. The van der Waals surface area contributed by atoms with E-state index in [2.05, 4.69) is 48.8 Å². The molecule has 170 valence electrons. The van der Waals surface area contributed by atoms with Gasteiger partial charge in [0, 0.05) is 37.1 Å². The van der Waals surface area contributed by atoms with Crippen molar-refractivity contribution in [3.63, 3.8) is 0 Å². The number of nitrogens with one attached hydrogen (secondary N) is 3. The van der Waals surface area contributed by atoms with Crippen LogP contribution in [0.2, 0.25) is 0 Å². The third-order valence-electron chi connectivity index (χ3n) is 5.74. The average molecular weight is 445 g/mol. The predicted molar refractivity (Wildman–Crippen MR) is 130 cm³/mol. The molecule has 4 aromatic rings. The van der Waals surface area contributed by atoms with Gasteiger partial charge in [0.2, 0.25) is 0 Å². The summed E-state index contributed by atoms with van der Waals surface area (Å²) in [6.07, 6.45) is 6.24. The van der Waals surface area contributed by atoms with E-state index in [9.17, 15) is 4.79 Å². The maximum atomic E-state index is 12.4. The van der Waals surface area contributed by atoms with Crippen LogP contribution < -0.4 is 10.6 Å². The van der Waals surface area contributed by atoms with Crippen LogP contribution >= 0.6 is 0 Å². The summed E-state index contributed by atoms with van der Waals surface area (Å²) in [7, 11) is 1.98. The van der Waals surface area contributed by atoms with Gasteiger partial charge in [0.05, 0.1) is 22.7 Å². The number of nitrogens with zero attached hydrogens (tertiary/aromatic N) is 5. The number of carbonyl (C=O) groups is 1. The number of imidazole rings is 1. The van der Waals surface area contributed by atoms with Crippen LogP contribution in [0.15, 0.2) is 43.0 Å². The normalized spacial score (nSPS) is 14.5.